The summed E-state index contributed by atoms with van der Waals surface area (Å²) < 4.78 is 7.86. The minimum absolute atomic E-state index is 0.0912. The first-order valence-corrected chi connectivity index (χ1v) is 13.4. The topological polar surface area (TPSA) is 62.8 Å². The first-order chi connectivity index (χ1) is 17.4. The van der Waals surface area contributed by atoms with Crippen LogP contribution < -0.4 is 4.57 Å². The van der Waals surface area contributed by atoms with Crippen LogP contribution in [0.5, 0.6) is 0 Å². The molecule has 0 spiro atoms. The number of oxazole rings is 1. The van der Waals surface area contributed by atoms with Gasteiger partial charge in [-0.15, -0.1) is 4.57 Å². The van der Waals surface area contributed by atoms with Crippen molar-refractivity contribution in [2.24, 2.45) is 5.92 Å². The predicted molar refractivity (Wildman–Crippen MR) is 145 cm³/mol. The summed E-state index contributed by atoms with van der Waals surface area (Å²) in [5.74, 6) is 2.89. The molecule has 5 heteroatoms. The van der Waals surface area contributed by atoms with E-state index in [2.05, 4.69) is 66.2 Å². The normalized spacial score (nSPS) is 16.0. The summed E-state index contributed by atoms with van der Waals surface area (Å²) >= 11 is 0. The summed E-state index contributed by atoms with van der Waals surface area (Å²) in [7, 11) is 0. The molecular formula is C31H40N3O2+. The standard InChI is InChI=1S/C19H24N2.C12H16NO2/c1-5-9-18-19(21-13-20-18)15(4)14(3)12-17-11-8-7-10-16(17)6-2;1-3-7(2)10(14)11-9-6-13(9)12(15-11)8-4-5-8/h6-8,10-13,15H,2,5,9H2,1,3-4H3,(H,20,21);7-8H,3-6H2,1-2H3/q;+1/b14-12+;. The highest BCUT2D eigenvalue weighted by atomic mass is 16.4. The molecule has 5 rings (SSSR count). The molecular weight excluding hydrogens is 446 g/mol. The van der Waals surface area contributed by atoms with Gasteiger partial charge in [-0.1, -0.05) is 82.7 Å². The average molecular weight is 487 g/mol. The largest absolute Gasteiger partial charge is 0.397 e. The Morgan fingerprint density at radius 3 is 2.61 bits per heavy atom. The van der Waals surface area contributed by atoms with Crippen LogP contribution in [0.3, 0.4) is 0 Å². The predicted octanol–water partition coefficient (Wildman–Crippen LogP) is 7.25. The number of benzene rings is 1. The van der Waals surface area contributed by atoms with E-state index in [0.29, 0.717) is 17.6 Å². The van der Waals surface area contributed by atoms with Crippen molar-refractivity contribution >= 4 is 17.9 Å². The van der Waals surface area contributed by atoms with Crippen LogP contribution in [0.25, 0.3) is 12.2 Å². The number of fused-ring (bicyclic) bond motifs is 1. The zero-order valence-electron chi connectivity index (χ0n) is 22.4. The van der Waals surface area contributed by atoms with Crippen LogP contribution in [0.2, 0.25) is 0 Å². The molecule has 0 amide bonds. The highest BCUT2D eigenvalue weighted by molar-refractivity contribution is 5.96. The first-order valence-electron chi connectivity index (χ1n) is 13.4. The molecule has 1 N–H and O–H groups in total. The summed E-state index contributed by atoms with van der Waals surface area (Å²) in [6, 6.07) is 8.33. The third kappa shape index (κ3) is 5.61. The highest BCUT2D eigenvalue weighted by Crippen LogP contribution is 2.41. The van der Waals surface area contributed by atoms with Gasteiger partial charge in [0.1, 0.15) is 0 Å². The molecule has 1 aliphatic carbocycles. The Labute approximate surface area is 215 Å². The molecule has 2 unspecified atom stereocenters. The number of aromatic amines is 1. The number of H-pyrrole nitrogens is 1. The Morgan fingerprint density at radius 2 is 1.97 bits per heavy atom. The maximum absolute atomic E-state index is 12.0. The van der Waals surface area contributed by atoms with Crippen LogP contribution in [-0.4, -0.2) is 15.8 Å². The molecule has 190 valence electrons. The number of nitrogens with zero attached hydrogens (tertiary/aromatic N) is 2. The second kappa shape index (κ2) is 11.2. The SMILES string of the molecule is C=Cc1ccccc1/C=C(\C)C(C)c1nc[nH]c1CCC.CCC(C)C(=O)c1oc(C2CC2)[n+]2c1C2. The molecule has 1 fully saturated rings. The third-order valence-electron chi connectivity index (χ3n) is 7.42. The smallest absolute Gasteiger partial charge is 0.351 e. The van der Waals surface area contributed by atoms with Gasteiger partial charge in [0.2, 0.25) is 18.1 Å². The lowest BCUT2D eigenvalue weighted by atomic mass is 9.93. The number of carbonyl (C=O) groups excluding carboxylic acids is 1. The van der Waals surface area contributed by atoms with E-state index in [1.54, 1.807) is 0 Å². The molecule has 1 aromatic carbocycles. The number of carbonyl (C=O) groups is 1. The Kier molecular flexibility index (Phi) is 8.07. The maximum Gasteiger partial charge on any atom is 0.351 e. The first kappa shape index (κ1) is 25.9. The van der Waals surface area contributed by atoms with Gasteiger partial charge in [0.25, 0.3) is 5.69 Å². The second-order valence-electron chi connectivity index (χ2n) is 10.2. The molecule has 2 aliphatic rings. The molecule has 2 aromatic heterocycles. The molecule has 0 radical (unpaired) electrons. The number of Topliss-reactive ketones (excluding diaryl/α,β-unsaturated/α-hetero) is 1. The number of aryl methyl sites for hydroxylation is 1. The van der Waals surface area contributed by atoms with Crippen LogP contribution in [-0.2, 0) is 13.0 Å². The van der Waals surface area contributed by atoms with Crippen molar-refractivity contribution in [3.05, 3.63) is 82.6 Å². The van der Waals surface area contributed by atoms with Crippen LogP contribution in [0.15, 0.2) is 47.2 Å². The summed E-state index contributed by atoms with van der Waals surface area (Å²) in [6.07, 6.45) is 11.5. The Bertz CT molecular complexity index is 1260. The fourth-order valence-electron chi connectivity index (χ4n) is 4.54. The fourth-order valence-corrected chi connectivity index (χ4v) is 4.54. The number of allylic oxidation sites excluding steroid dienone is 1. The molecule has 0 bridgehead atoms. The number of hydrogen-bond acceptors (Lipinski definition) is 3. The zero-order chi connectivity index (χ0) is 25.8. The number of rotatable bonds is 10. The lowest BCUT2D eigenvalue weighted by Crippen LogP contribution is -2.14. The van der Waals surface area contributed by atoms with E-state index in [4.69, 9.17) is 4.42 Å². The summed E-state index contributed by atoms with van der Waals surface area (Å²) in [5, 5.41) is 0. The van der Waals surface area contributed by atoms with Crippen LogP contribution >= 0.6 is 0 Å². The van der Waals surface area contributed by atoms with Crippen molar-refractivity contribution in [1.29, 1.82) is 0 Å². The van der Waals surface area contributed by atoms with Crippen LogP contribution in [0.4, 0.5) is 0 Å². The Balaban J connectivity index is 0.000000178. The fraction of sp³-hybridized carbons (Fsp3) is 0.452. The quantitative estimate of drug-likeness (QED) is 0.190. The van der Waals surface area contributed by atoms with Crippen molar-refractivity contribution < 1.29 is 13.8 Å². The van der Waals surface area contributed by atoms with Gasteiger partial charge in [-0.05, 0) is 43.7 Å². The highest BCUT2D eigenvalue weighted by Gasteiger charge is 2.51. The van der Waals surface area contributed by atoms with Crippen molar-refractivity contribution in [2.75, 3.05) is 0 Å². The number of imidazole rings is 1. The van der Waals surface area contributed by atoms with E-state index >= 15 is 0 Å². The summed E-state index contributed by atoms with van der Waals surface area (Å²) in [6.45, 7) is 15.4. The molecule has 5 nitrogen and oxygen atoms in total. The van der Waals surface area contributed by atoms with Crippen molar-refractivity contribution in [1.82, 2.24) is 9.97 Å². The number of hydrogen-bond donors (Lipinski definition) is 1. The number of nitrogens with one attached hydrogen (secondary N) is 1. The Morgan fingerprint density at radius 1 is 1.25 bits per heavy atom. The number of ketones is 1. The van der Waals surface area contributed by atoms with E-state index < -0.39 is 0 Å². The molecule has 1 aliphatic heterocycles. The van der Waals surface area contributed by atoms with Gasteiger partial charge in [-0.3, -0.25) is 4.79 Å². The van der Waals surface area contributed by atoms with Crippen molar-refractivity contribution in [2.45, 2.75) is 85.1 Å². The number of aromatic nitrogens is 3. The van der Waals surface area contributed by atoms with Gasteiger partial charge in [0.05, 0.1) is 17.9 Å². The van der Waals surface area contributed by atoms with Crippen molar-refractivity contribution in [3.63, 3.8) is 0 Å². The van der Waals surface area contributed by atoms with Crippen LogP contribution in [0, 0.1) is 5.92 Å². The molecule has 3 heterocycles. The zero-order valence-corrected chi connectivity index (χ0v) is 22.4. The third-order valence-corrected chi connectivity index (χ3v) is 7.42. The molecule has 3 aromatic rings. The molecule has 36 heavy (non-hydrogen) atoms. The van der Waals surface area contributed by atoms with Gasteiger partial charge in [0.15, 0.2) is 0 Å². The minimum atomic E-state index is 0.0912. The summed E-state index contributed by atoms with van der Waals surface area (Å²) in [5.41, 5.74) is 7.25. The van der Waals surface area contributed by atoms with Gasteiger partial charge in [-0.25, -0.2) is 4.98 Å². The lowest BCUT2D eigenvalue weighted by molar-refractivity contribution is -0.589. The Hall–Kier alpha value is -3.21. The van der Waals surface area contributed by atoms with Crippen molar-refractivity contribution in [3.8, 4) is 0 Å². The van der Waals surface area contributed by atoms with Gasteiger partial charge >= 0.3 is 5.89 Å². The van der Waals surface area contributed by atoms with E-state index in [-0.39, 0.29) is 11.7 Å². The lowest BCUT2D eigenvalue weighted by Gasteiger charge is -2.13. The molecule has 0 saturated heterocycles. The monoisotopic (exact) mass is 486 g/mol. The van der Waals surface area contributed by atoms with Gasteiger partial charge < -0.3 is 9.40 Å². The second-order valence-corrected chi connectivity index (χ2v) is 10.2. The molecule has 1 saturated carbocycles. The van der Waals surface area contributed by atoms with E-state index in [9.17, 15) is 4.79 Å². The maximum atomic E-state index is 12.0. The van der Waals surface area contributed by atoms with E-state index in [0.717, 1.165) is 37.4 Å². The molecule has 2 atom stereocenters. The summed E-state index contributed by atoms with van der Waals surface area (Å²) in [4.78, 5) is 19.8. The van der Waals surface area contributed by atoms with Gasteiger partial charge in [-0.2, -0.15) is 0 Å². The average Bonchev–Trinajstić information content (AvgIpc) is 3.82. The van der Waals surface area contributed by atoms with E-state index in [1.165, 1.54) is 40.9 Å². The van der Waals surface area contributed by atoms with Gasteiger partial charge in [0, 0.05) is 17.5 Å². The van der Waals surface area contributed by atoms with E-state index in [1.807, 2.05) is 32.3 Å². The minimum Gasteiger partial charge on any atom is -0.397 e. The van der Waals surface area contributed by atoms with Crippen LogP contribution in [0.1, 0.15) is 117 Å².